The van der Waals surface area contributed by atoms with Crippen molar-refractivity contribution in [3.05, 3.63) is 46.8 Å². The van der Waals surface area contributed by atoms with Gasteiger partial charge in [0, 0.05) is 17.8 Å². The number of aromatic nitrogens is 1. The van der Waals surface area contributed by atoms with E-state index in [1.54, 1.807) is 27.9 Å². The van der Waals surface area contributed by atoms with Gasteiger partial charge in [-0.1, -0.05) is 12.1 Å². The average Bonchev–Trinajstić information content (AvgIpc) is 3.27. The van der Waals surface area contributed by atoms with Crippen molar-refractivity contribution in [2.45, 2.75) is 44.6 Å². The summed E-state index contributed by atoms with van der Waals surface area (Å²) in [7, 11) is -2.18. The number of nitrogens with zero attached hydrogens (tertiary/aromatic N) is 1. The number of hydrogen-bond donors (Lipinski definition) is 1. The Bertz CT molecular complexity index is 963. The van der Waals surface area contributed by atoms with E-state index < -0.39 is 16.0 Å². The molecule has 1 aliphatic heterocycles. The third-order valence-corrected chi connectivity index (χ3v) is 7.30. The van der Waals surface area contributed by atoms with Gasteiger partial charge in [-0.3, -0.25) is 0 Å². The fourth-order valence-electron chi connectivity index (χ4n) is 3.83. The van der Waals surface area contributed by atoms with Gasteiger partial charge in [-0.15, -0.1) is 0 Å². The van der Waals surface area contributed by atoms with Crippen LogP contribution < -0.4 is 4.74 Å². The minimum Gasteiger partial charge on any atom is -0.497 e. The van der Waals surface area contributed by atoms with Crippen molar-refractivity contribution >= 4 is 16.0 Å². The molecule has 0 amide bonds. The topological polar surface area (TPSA) is 88.7 Å². The Morgan fingerprint density at radius 1 is 1.25 bits per heavy atom. The van der Waals surface area contributed by atoms with Crippen LogP contribution in [0.4, 0.5) is 0 Å². The van der Waals surface area contributed by atoms with Gasteiger partial charge in [-0.05, 0) is 51.3 Å². The van der Waals surface area contributed by atoms with Crippen molar-refractivity contribution in [1.29, 1.82) is 0 Å². The highest BCUT2D eigenvalue weighted by Crippen LogP contribution is 2.39. The summed E-state index contributed by atoms with van der Waals surface area (Å²) < 4.78 is 38.8. The maximum atomic E-state index is 13.5. The zero-order valence-corrected chi connectivity index (χ0v) is 17.4. The number of benzene rings is 1. The zero-order valence-electron chi connectivity index (χ0n) is 16.6. The van der Waals surface area contributed by atoms with E-state index >= 15 is 0 Å². The molecule has 1 fully saturated rings. The molecule has 0 bridgehead atoms. The molecule has 2 heterocycles. The molecular formula is C20H26N2O5S. The molecule has 1 aliphatic rings. The fourth-order valence-corrected chi connectivity index (χ4v) is 5.92. The Hall–Kier alpha value is -2.32. The van der Waals surface area contributed by atoms with E-state index in [0.29, 0.717) is 17.8 Å². The SMILES string of the molecule is CCOC(=O)c1[nH]c(C)c(S(=O)(=O)N2CCC[C@@H]2c2ccc(OC)cc2)c1C. The second-order valence-electron chi connectivity index (χ2n) is 6.85. The van der Waals surface area contributed by atoms with Gasteiger partial charge in [0.15, 0.2) is 0 Å². The maximum absolute atomic E-state index is 13.5. The molecule has 3 rings (SSSR count). The second kappa shape index (κ2) is 7.97. The molecule has 0 saturated carbocycles. The largest absolute Gasteiger partial charge is 0.497 e. The van der Waals surface area contributed by atoms with Gasteiger partial charge in [-0.2, -0.15) is 4.31 Å². The van der Waals surface area contributed by atoms with Crippen molar-refractivity contribution in [1.82, 2.24) is 9.29 Å². The minimum atomic E-state index is -3.78. The number of carbonyl (C=O) groups excluding carboxylic acids is 1. The predicted octanol–water partition coefficient (Wildman–Crippen LogP) is 3.34. The molecule has 0 aliphatic carbocycles. The third-order valence-electron chi connectivity index (χ3n) is 5.12. The molecule has 152 valence electrons. The van der Waals surface area contributed by atoms with E-state index in [1.165, 1.54) is 4.31 Å². The molecule has 2 aromatic rings. The molecule has 0 spiro atoms. The van der Waals surface area contributed by atoms with Crippen LogP contribution in [0, 0.1) is 13.8 Å². The first-order valence-electron chi connectivity index (χ1n) is 9.33. The summed E-state index contributed by atoms with van der Waals surface area (Å²) in [5.41, 5.74) is 1.97. The lowest BCUT2D eigenvalue weighted by Gasteiger charge is -2.25. The number of esters is 1. The molecule has 7 nitrogen and oxygen atoms in total. The highest BCUT2D eigenvalue weighted by Gasteiger charge is 2.39. The van der Waals surface area contributed by atoms with E-state index in [-0.39, 0.29) is 23.2 Å². The van der Waals surface area contributed by atoms with E-state index in [9.17, 15) is 13.2 Å². The molecule has 1 N–H and O–H groups in total. The summed E-state index contributed by atoms with van der Waals surface area (Å²) in [6.45, 7) is 5.69. The lowest BCUT2D eigenvalue weighted by molar-refractivity contribution is 0.0519. The average molecular weight is 407 g/mol. The zero-order chi connectivity index (χ0) is 20.5. The van der Waals surface area contributed by atoms with Gasteiger partial charge in [0.2, 0.25) is 10.0 Å². The third kappa shape index (κ3) is 3.54. The molecule has 1 aromatic heterocycles. The quantitative estimate of drug-likeness (QED) is 0.743. The van der Waals surface area contributed by atoms with Crippen molar-refractivity contribution in [3.8, 4) is 5.75 Å². The van der Waals surface area contributed by atoms with Crippen LogP contribution in [0.25, 0.3) is 0 Å². The van der Waals surface area contributed by atoms with Gasteiger partial charge in [0.25, 0.3) is 0 Å². The molecule has 8 heteroatoms. The van der Waals surface area contributed by atoms with Crippen LogP contribution in [0.1, 0.15) is 53.1 Å². The Balaban J connectivity index is 1.98. The smallest absolute Gasteiger partial charge is 0.355 e. The Morgan fingerprint density at radius 2 is 1.93 bits per heavy atom. The standard InChI is InChI=1S/C20H26N2O5S/c1-5-27-20(23)18-13(2)19(14(3)21-18)28(24,25)22-12-6-7-17(22)15-8-10-16(26-4)11-9-15/h8-11,17,21H,5-7,12H2,1-4H3/t17-/m1/s1. The van der Waals surface area contributed by atoms with Crippen LogP contribution in [0.2, 0.25) is 0 Å². The minimum absolute atomic E-state index is 0.163. The van der Waals surface area contributed by atoms with Crippen LogP contribution in [-0.2, 0) is 14.8 Å². The van der Waals surface area contributed by atoms with Crippen LogP contribution in [-0.4, -0.2) is 43.9 Å². The summed E-state index contributed by atoms with van der Waals surface area (Å²) in [6.07, 6.45) is 1.53. The number of hydrogen-bond acceptors (Lipinski definition) is 5. The molecule has 1 atom stereocenters. The molecule has 1 saturated heterocycles. The van der Waals surface area contributed by atoms with E-state index in [4.69, 9.17) is 9.47 Å². The molecular weight excluding hydrogens is 380 g/mol. The summed E-state index contributed by atoms with van der Waals surface area (Å²) in [6, 6.07) is 7.24. The number of methoxy groups -OCH3 is 1. The number of sulfonamides is 1. The normalized spacial score (nSPS) is 17.6. The van der Waals surface area contributed by atoms with Crippen LogP contribution in [0.5, 0.6) is 5.75 Å². The number of aryl methyl sites for hydroxylation is 1. The number of rotatable bonds is 6. The Kier molecular flexibility index (Phi) is 5.81. The van der Waals surface area contributed by atoms with E-state index in [2.05, 4.69) is 4.98 Å². The molecule has 0 radical (unpaired) electrons. The molecule has 1 aromatic carbocycles. The summed E-state index contributed by atoms with van der Waals surface area (Å²) in [4.78, 5) is 15.2. The first kappa shape index (κ1) is 20.4. The Labute approximate surface area is 165 Å². The molecule has 0 unspecified atom stereocenters. The van der Waals surface area contributed by atoms with Crippen molar-refractivity contribution in [3.63, 3.8) is 0 Å². The van der Waals surface area contributed by atoms with Gasteiger partial charge >= 0.3 is 5.97 Å². The first-order chi connectivity index (χ1) is 13.3. The summed E-state index contributed by atoms with van der Waals surface area (Å²) >= 11 is 0. The number of H-pyrrole nitrogens is 1. The number of aromatic amines is 1. The monoisotopic (exact) mass is 406 g/mol. The van der Waals surface area contributed by atoms with E-state index in [0.717, 1.165) is 24.2 Å². The summed E-state index contributed by atoms with van der Waals surface area (Å²) in [5, 5.41) is 0. The highest BCUT2D eigenvalue weighted by molar-refractivity contribution is 7.89. The highest BCUT2D eigenvalue weighted by atomic mass is 32.2. The maximum Gasteiger partial charge on any atom is 0.355 e. The van der Waals surface area contributed by atoms with Gasteiger partial charge in [-0.25, -0.2) is 13.2 Å². The van der Waals surface area contributed by atoms with Gasteiger partial charge in [0.05, 0.1) is 19.8 Å². The van der Waals surface area contributed by atoms with Crippen LogP contribution in [0.3, 0.4) is 0 Å². The van der Waals surface area contributed by atoms with Gasteiger partial charge < -0.3 is 14.5 Å². The van der Waals surface area contributed by atoms with Crippen molar-refractivity contribution < 1.29 is 22.7 Å². The van der Waals surface area contributed by atoms with Crippen LogP contribution in [0.15, 0.2) is 29.2 Å². The number of nitrogens with one attached hydrogen (secondary N) is 1. The molecule has 28 heavy (non-hydrogen) atoms. The number of ether oxygens (including phenoxy) is 2. The van der Waals surface area contributed by atoms with Crippen molar-refractivity contribution in [2.75, 3.05) is 20.3 Å². The number of carbonyl (C=O) groups is 1. The predicted molar refractivity (Wildman–Crippen MR) is 105 cm³/mol. The lowest BCUT2D eigenvalue weighted by atomic mass is 10.1. The Morgan fingerprint density at radius 3 is 2.54 bits per heavy atom. The first-order valence-corrected chi connectivity index (χ1v) is 10.8. The van der Waals surface area contributed by atoms with Gasteiger partial charge in [0.1, 0.15) is 16.3 Å². The second-order valence-corrected chi connectivity index (χ2v) is 8.67. The lowest BCUT2D eigenvalue weighted by Crippen LogP contribution is -2.31. The summed E-state index contributed by atoms with van der Waals surface area (Å²) in [5.74, 6) is 0.185. The van der Waals surface area contributed by atoms with E-state index in [1.807, 2.05) is 24.3 Å². The van der Waals surface area contributed by atoms with Crippen molar-refractivity contribution in [2.24, 2.45) is 0 Å². The fraction of sp³-hybridized carbons (Fsp3) is 0.450. The van der Waals surface area contributed by atoms with Crippen LogP contribution >= 0.6 is 0 Å².